The highest BCUT2D eigenvalue weighted by molar-refractivity contribution is 5.89. The zero-order chi connectivity index (χ0) is 17.6. The van der Waals surface area contributed by atoms with Crippen LogP contribution in [0.5, 0.6) is 11.5 Å². The summed E-state index contributed by atoms with van der Waals surface area (Å²) in [6.07, 6.45) is 7.38. The van der Waals surface area contributed by atoms with Crippen LogP contribution in [0.3, 0.4) is 0 Å². The average Bonchev–Trinajstić information content (AvgIpc) is 3.08. The maximum Gasteiger partial charge on any atom is 0.331 e. The van der Waals surface area contributed by atoms with Crippen molar-refractivity contribution in [2.75, 3.05) is 13.4 Å². The Bertz CT molecular complexity index is 670. The van der Waals surface area contributed by atoms with Gasteiger partial charge in [0.05, 0.1) is 0 Å². The van der Waals surface area contributed by atoms with Crippen LogP contribution in [0.2, 0.25) is 0 Å². The summed E-state index contributed by atoms with van der Waals surface area (Å²) < 4.78 is 15.5. The van der Waals surface area contributed by atoms with Gasteiger partial charge < -0.3 is 19.5 Å². The van der Waals surface area contributed by atoms with Gasteiger partial charge in [0.1, 0.15) is 0 Å². The highest BCUT2D eigenvalue weighted by Crippen LogP contribution is 2.32. The molecule has 1 aromatic carbocycles. The van der Waals surface area contributed by atoms with Crippen LogP contribution in [0.25, 0.3) is 6.08 Å². The minimum atomic E-state index is -0.551. The lowest BCUT2D eigenvalue weighted by Gasteiger charge is -2.29. The topological polar surface area (TPSA) is 73.9 Å². The summed E-state index contributed by atoms with van der Waals surface area (Å²) in [6.45, 7) is 2.09. The SMILES string of the molecule is CC1CCCCC1NC(=O)COC(=O)/C=C/c1ccc2c(c1)OCO2. The highest BCUT2D eigenvalue weighted by atomic mass is 16.7. The van der Waals surface area contributed by atoms with Crippen molar-refractivity contribution >= 4 is 18.0 Å². The molecule has 6 nitrogen and oxygen atoms in total. The Morgan fingerprint density at radius 2 is 2.04 bits per heavy atom. The summed E-state index contributed by atoms with van der Waals surface area (Å²) in [6, 6.07) is 5.56. The Morgan fingerprint density at radius 1 is 1.24 bits per heavy atom. The smallest absolute Gasteiger partial charge is 0.331 e. The van der Waals surface area contributed by atoms with Gasteiger partial charge in [-0.1, -0.05) is 25.8 Å². The molecule has 1 heterocycles. The predicted molar refractivity (Wildman–Crippen MR) is 92.1 cm³/mol. The van der Waals surface area contributed by atoms with Gasteiger partial charge in [-0.3, -0.25) is 4.79 Å². The van der Waals surface area contributed by atoms with Crippen LogP contribution in [0, 0.1) is 5.92 Å². The molecule has 1 fully saturated rings. The van der Waals surface area contributed by atoms with Crippen molar-refractivity contribution in [3.8, 4) is 11.5 Å². The van der Waals surface area contributed by atoms with Crippen molar-refractivity contribution in [2.45, 2.75) is 38.6 Å². The second-order valence-electron chi connectivity index (χ2n) is 6.49. The molecule has 0 saturated heterocycles. The number of nitrogens with one attached hydrogen (secondary N) is 1. The number of hydrogen-bond acceptors (Lipinski definition) is 5. The van der Waals surface area contributed by atoms with Gasteiger partial charge in [0, 0.05) is 12.1 Å². The molecule has 134 valence electrons. The van der Waals surface area contributed by atoms with Crippen molar-refractivity contribution in [1.29, 1.82) is 0 Å². The van der Waals surface area contributed by atoms with Crippen LogP contribution >= 0.6 is 0 Å². The van der Waals surface area contributed by atoms with Crippen LogP contribution < -0.4 is 14.8 Å². The van der Waals surface area contributed by atoms with E-state index < -0.39 is 5.97 Å². The molecule has 2 unspecified atom stereocenters. The van der Waals surface area contributed by atoms with Gasteiger partial charge in [0.15, 0.2) is 18.1 Å². The van der Waals surface area contributed by atoms with Crippen LogP contribution in [0.4, 0.5) is 0 Å². The summed E-state index contributed by atoms with van der Waals surface area (Å²) in [4.78, 5) is 23.7. The molecular weight excluding hydrogens is 322 g/mol. The Labute approximate surface area is 147 Å². The Hall–Kier alpha value is -2.50. The first-order valence-corrected chi connectivity index (χ1v) is 8.65. The molecule has 1 aliphatic heterocycles. The summed E-state index contributed by atoms with van der Waals surface area (Å²) in [5.74, 6) is 1.01. The average molecular weight is 345 g/mol. The van der Waals surface area contributed by atoms with E-state index in [0.717, 1.165) is 24.8 Å². The van der Waals surface area contributed by atoms with Crippen molar-refractivity contribution in [3.63, 3.8) is 0 Å². The first-order chi connectivity index (χ1) is 12.1. The van der Waals surface area contributed by atoms with Crippen molar-refractivity contribution in [3.05, 3.63) is 29.8 Å². The van der Waals surface area contributed by atoms with E-state index >= 15 is 0 Å². The molecule has 1 amide bonds. The minimum absolute atomic E-state index is 0.184. The molecule has 0 spiro atoms. The molecule has 6 heteroatoms. The van der Waals surface area contributed by atoms with E-state index in [2.05, 4.69) is 12.2 Å². The minimum Gasteiger partial charge on any atom is -0.454 e. The maximum atomic E-state index is 11.9. The number of esters is 1. The molecule has 1 aliphatic carbocycles. The molecule has 25 heavy (non-hydrogen) atoms. The zero-order valence-electron chi connectivity index (χ0n) is 14.3. The third-order valence-electron chi connectivity index (χ3n) is 4.61. The lowest BCUT2D eigenvalue weighted by atomic mass is 9.86. The summed E-state index contributed by atoms with van der Waals surface area (Å²) >= 11 is 0. The van der Waals surface area contributed by atoms with Crippen LogP contribution in [-0.2, 0) is 14.3 Å². The fourth-order valence-corrected chi connectivity index (χ4v) is 3.14. The largest absolute Gasteiger partial charge is 0.454 e. The highest BCUT2D eigenvalue weighted by Gasteiger charge is 2.23. The van der Waals surface area contributed by atoms with E-state index in [0.29, 0.717) is 17.4 Å². The summed E-state index contributed by atoms with van der Waals surface area (Å²) in [5.41, 5.74) is 0.793. The van der Waals surface area contributed by atoms with Gasteiger partial charge in [-0.2, -0.15) is 0 Å². The molecule has 0 bridgehead atoms. The summed E-state index contributed by atoms with van der Waals surface area (Å²) in [7, 11) is 0. The van der Waals surface area contributed by atoms with E-state index in [-0.39, 0.29) is 25.3 Å². The van der Waals surface area contributed by atoms with Crippen molar-refractivity contribution < 1.29 is 23.8 Å². The standard InChI is InChI=1S/C19H23NO5/c1-13-4-2-3-5-15(13)20-18(21)11-23-19(22)9-7-14-6-8-16-17(10-14)25-12-24-16/h6-10,13,15H,2-5,11-12H2,1H3,(H,20,21)/b9-7+. The van der Waals surface area contributed by atoms with Gasteiger partial charge >= 0.3 is 5.97 Å². The van der Waals surface area contributed by atoms with E-state index in [1.807, 2.05) is 6.07 Å². The van der Waals surface area contributed by atoms with Gasteiger partial charge in [-0.15, -0.1) is 0 Å². The molecular formula is C19H23NO5. The van der Waals surface area contributed by atoms with Crippen LogP contribution in [0.15, 0.2) is 24.3 Å². The molecule has 0 radical (unpaired) electrons. The van der Waals surface area contributed by atoms with Gasteiger partial charge in [-0.25, -0.2) is 4.79 Å². The lowest BCUT2D eigenvalue weighted by molar-refractivity contribution is -0.144. The van der Waals surface area contributed by atoms with E-state index in [4.69, 9.17) is 14.2 Å². The van der Waals surface area contributed by atoms with Gasteiger partial charge in [0.2, 0.25) is 6.79 Å². The molecule has 1 aromatic rings. The maximum absolute atomic E-state index is 11.9. The fraction of sp³-hybridized carbons (Fsp3) is 0.474. The number of rotatable bonds is 5. The van der Waals surface area contributed by atoms with E-state index in [1.54, 1.807) is 18.2 Å². The number of amides is 1. The second kappa shape index (κ2) is 8.05. The van der Waals surface area contributed by atoms with Gasteiger partial charge in [0.25, 0.3) is 5.91 Å². The number of hydrogen-bond donors (Lipinski definition) is 1. The molecule has 1 N–H and O–H groups in total. The van der Waals surface area contributed by atoms with E-state index in [9.17, 15) is 9.59 Å². The first kappa shape index (κ1) is 17.3. The number of benzene rings is 1. The third-order valence-corrected chi connectivity index (χ3v) is 4.61. The zero-order valence-corrected chi connectivity index (χ0v) is 14.3. The predicted octanol–water partition coefficient (Wildman–Crippen LogP) is 2.67. The lowest BCUT2D eigenvalue weighted by Crippen LogP contribution is -2.42. The molecule has 2 aliphatic rings. The number of fused-ring (bicyclic) bond motifs is 1. The number of carbonyl (C=O) groups is 2. The second-order valence-corrected chi connectivity index (χ2v) is 6.49. The monoisotopic (exact) mass is 345 g/mol. The molecule has 0 aromatic heterocycles. The first-order valence-electron chi connectivity index (χ1n) is 8.65. The Kier molecular flexibility index (Phi) is 5.58. The molecule has 3 rings (SSSR count). The molecule has 2 atom stereocenters. The normalized spacial score (nSPS) is 22.0. The Morgan fingerprint density at radius 3 is 2.88 bits per heavy atom. The fourth-order valence-electron chi connectivity index (χ4n) is 3.14. The van der Waals surface area contributed by atoms with Crippen molar-refractivity contribution in [2.24, 2.45) is 5.92 Å². The summed E-state index contributed by atoms with van der Waals surface area (Å²) in [5, 5.41) is 2.96. The number of ether oxygens (including phenoxy) is 3. The molecule has 1 saturated carbocycles. The number of carbonyl (C=O) groups excluding carboxylic acids is 2. The quantitative estimate of drug-likeness (QED) is 0.656. The third kappa shape index (κ3) is 4.75. The van der Waals surface area contributed by atoms with Crippen LogP contribution in [-0.4, -0.2) is 31.3 Å². The van der Waals surface area contributed by atoms with Gasteiger partial charge in [-0.05, 0) is 42.5 Å². The van der Waals surface area contributed by atoms with E-state index in [1.165, 1.54) is 12.5 Å². The van der Waals surface area contributed by atoms with Crippen LogP contribution in [0.1, 0.15) is 38.2 Å². The van der Waals surface area contributed by atoms with Crippen molar-refractivity contribution in [1.82, 2.24) is 5.32 Å². The Balaban J connectivity index is 1.43.